The lowest BCUT2D eigenvalue weighted by atomic mass is 9.91. The number of alkyl halides is 1. The second kappa shape index (κ2) is 6.65. The van der Waals surface area contributed by atoms with Crippen LogP contribution in [-0.4, -0.2) is 29.9 Å². The molecule has 0 spiro atoms. The SMILES string of the molecule is O=CC(CC(Cl)(C(=O)O)c1ccccc1)N1CCc2ccccc21. The Morgan fingerprint density at radius 1 is 1.21 bits per heavy atom. The Morgan fingerprint density at radius 2 is 1.88 bits per heavy atom. The van der Waals surface area contributed by atoms with Crippen LogP contribution in [0, 0.1) is 0 Å². The summed E-state index contributed by atoms with van der Waals surface area (Å²) in [5.41, 5.74) is 2.63. The van der Waals surface area contributed by atoms with E-state index in [0.717, 1.165) is 18.4 Å². The van der Waals surface area contributed by atoms with Gasteiger partial charge in [-0.3, -0.25) is 0 Å². The number of carboxylic acid groups (broad SMARTS) is 1. The van der Waals surface area contributed by atoms with Gasteiger partial charge in [-0.05, 0) is 23.6 Å². The van der Waals surface area contributed by atoms with Crippen LogP contribution in [-0.2, 0) is 20.9 Å². The smallest absolute Gasteiger partial charge is 0.329 e. The third kappa shape index (κ3) is 2.89. The van der Waals surface area contributed by atoms with Gasteiger partial charge in [-0.1, -0.05) is 48.5 Å². The first-order valence-electron chi connectivity index (χ1n) is 7.84. The van der Waals surface area contributed by atoms with E-state index in [1.165, 1.54) is 5.56 Å². The molecule has 124 valence electrons. The quantitative estimate of drug-likeness (QED) is 0.646. The molecule has 0 radical (unpaired) electrons. The lowest BCUT2D eigenvalue weighted by Crippen LogP contribution is -2.43. The summed E-state index contributed by atoms with van der Waals surface area (Å²) in [5.74, 6) is -1.14. The van der Waals surface area contributed by atoms with Gasteiger partial charge in [-0.25, -0.2) is 4.79 Å². The second-order valence-electron chi connectivity index (χ2n) is 5.95. The summed E-state index contributed by atoms with van der Waals surface area (Å²) in [7, 11) is 0. The van der Waals surface area contributed by atoms with Crippen molar-refractivity contribution in [3.8, 4) is 0 Å². The number of fused-ring (bicyclic) bond motifs is 1. The Morgan fingerprint density at radius 3 is 2.54 bits per heavy atom. The molecule has 0 aliphatic carbocycles. The molecule has 2 atom stereocenters. The molecule has 2 aromatic rings. The number of carbonyl (C=O) groups is 2. The van der Waals surface area contributed by atoms with E-state index in [1.54, 1.807) is 30.3 Å². The Balaban J connectivity index is 1.92. The lowest BCUT2D eigenvalue weighted by molar-refractivity contribution is -0.140. The van der Waals surface area contributed by atoms with Gasteiger partial charge in [-0.15, -0.1) is 11.6 Å². The fraction of sp³-hybridized carbons (Fsp3) is 0.263. The zero-order valence-electron chi connectivity index (χ0n) is 13.1. The Hall–Kier alpha value is -2.33. The van der Waals surface area contributed by atoms with Crippen molar-refractivity contribution in [2.45, 2.75) is 23.8 Å². The first kappa shape index (κ1) is 16.5. The van der Waals surface area contributed by atoms with Crippen molar-refractivity contribution in [2.24, 2.45) is 0 Å². The fourth-order valence-corrected chi connectivity index (χ4v) is 3.54. The number of rotatable bonds is 6. The van der Waals surface area contributed by atoms with Crippen molar-refractivity contribution >= 4 is 29.5 Å². The number of aldehydes is 1. The van der Waals surface area contributed by atoms with E-state index in [-0.39, 0.29) is 6.42 Å². The van der Waals surface area contributed by atoms with E-state index >= 15 is 0 Å². The van der Waals surface area contributed by atoms with Crippen molar-refractivity contribution < 1.29 is 14.7 Å². The van der Waals surface area contributed by atoms with Gasteiger partial charge in [-0.2, -0.15) is 0 Å². The van der Waals surface area contributed by atoms with E-state index in [0.29, 0.717) is 12.1 Å². The number of carboxylic acids is 1. The largest absolute Gasteiger partial charge is 0.480 e. The Labute approximate surface area is 145 Å². The van der Waals surface area contributed by atoms with E-state index in [1.807, 2.05) is 29.2 Å². The number of hydrogen-bond donors (Lipinski definition) is 1. The van der Waals surface area contributed by atoms with Crippen molar-refractivity contribution in [2.75, 3.05) is 11.4 Å². The third-order valence-corrected chi connectivity index (χ3v) is 5.08. The molecule has 1 aliphatic heterocycles. The zero-order chi connectivity index (χ0) is 17.2. The molecule has 1 heterocycles. The van der Waals surface area contributed by atoms with Crippen LogP contribution >= 0.6 is 11.6 Å². The molecule has 0 amide bonds. The van der Waals surface area contributed by atoms with Gasteiger partial charge in [0.25, 0.3) is 0 Å². The number of para-hydroxylation sites is 1. The van der Waals surface area contributed by atoms with Crippen molar-refractivity contribution in [1.29, 1.82) is 0 Å². The maximum Gasteiger partial charge on any atom is 0.329 e. The molecule has 3 rings (SSSR count). The molecular weight excluding hydrogens is 326 g/mol. The summed E-state index contributed by atoms with van der Waals surface area (Å²) < 4.78 is 0. The minimum absolute atomic E-state index is 0.00569. The van der Waals surface area contributed by atoms with Gasteiger partial charge in [0, 0.05) is 18.7 Å². The normalized spacial score (nSPS) is 17.0. The van der Waals surface area contributed by atoms with Crippen LogP contribution in [0.5, 0.6) is 0 Å². The highest BCUT2D eigenvalue weighted by molar-refractivity contribution is 6.33. The van der Waals surface area contributed by atoms with Gasteiger partial charge >= 0.3 is 5.97 Å². The number of anilines is 1. The second-order valence-corrected chi connectivity index (χ2v) is 6.60. The summed E-state index contributed by atoms with van der Waals surface area (Å²) in [6.07, 6.45) is 1.64. The maximum absolute atomic E-state index is 11.9. The van der Waals surface area contributed by atoms with E-state index in [2.05, 4.69) is 0 Å². The van der Waals surface area contributed by atoms with E-state index in [9.17, 15) is 14.7 Å². The highest BCUT2D eigenvalue weighted by Gasteiger charge is 2.42. The summed E-state index contributed by atoms with van der Waals surface area (Å²) in [6, 6.07) is 15.9. The molecule has 0 saturated heterocycles. The van der Waals surface area contributed by atoms with Crippen LogP contribution in [0.1, 0.15) is 17.5 Å². The van der Waals surface area contributed by atoms with Gasteiger partial charge in [0.2, 0.25) is 0 Å². The van der Waals surface area contributed by atoms with Crippen LogP contribution in [0.3, 0.4) is 0 Å². The van der Waals surface area contributed by atoms with Gasteiger partial charge < -0.3 is 14.8 Å². The average Bonchev–Trinajstić information content (AvgIpc) is 3.04. The molecule has 0 aromatic heterocycles. The van der Waals surface area contributed by atoms with Crippen molar-refractivity contribution in [3.63, 3.8) is 0 Å². The molecular formula is C19H18ClNO3. The molecule has 1 N–H and O–H groups in total. The molecule has 0 bridgehead atoms. The molecule has 4 nitrogen and oxygen atoms in total. The first-order chi connectivity index (χ1) is 11.6. The lowest BCUT2D eigenvalue weighted by Gasteiger charge is -2.32. The fourth-order valence-electron chi connectivity index (χ4n) is 3.26. The highest BCUT2D eigenvalue weighted by Crippen LogP contribution is 2.38. The van der Waals surface area contributed by atoms with Crippen LogP contribution in [0.25, 0.3) is 0 Å². The molecule has 1 aliphatic rings. The molecule has 2 unspecified atom stereocenters. The van der Waals surface area contributed by atoms with Crippen LogP contribution in [0.2, 0.25) is 0 Å². The summed E-state index contributed by atoms with van der Waals surface area (Å²) >= 11 is 6.49. The number of halogens is 1. The summed E-state index contributed by atoms with van der Waals surface area (Å²) in [6.45, 7) is 0.685. The topological polar surface area (TPSA) is 57.6 Å². The van der Waals surface area contributed by atoms with E-state index in [4.69, 9.17) is 11.6 Å². The molecule has 5 heteroatoms. The monoisotopic (exact) mass is 343 g/mol. The van der Waals surface area contributed by atoms with Crippen LogP contribution in [0.15, 0.2) is 54.6 Å². The third-order valence-electron chi connectivity index (χ3n) is 4.54. The van der Waals surface area contributed by atoms with Gasteiger partial charge in [0.05, 0.1) is 6.04 Å². The highest BCUT2D eigenvalue weighted by atomic mass is 35.5. The average molecular weight is 344 g/mol. The number of hydrogen-bond acceptors (Lipinski definition) is 3. The number of benzene rings is 2. The predicted octanol–water partition coefficient (Wildman–Crippen LogP) is 3.23. The van der Waals surface area contributed by atoms with Gasteiger partial charge in [0.1, 0.15) is 6.29 Å². The minimum Gasteiger partial charge on any atom is -0.480 e. The maximum atomic E-state index is 11.9. The van der Waals surface area contributed by atoms with Gasteiger partial charge in [0.15, 0.2) is 4.87 Å². The predicted molar refractivity (Wildman–Crippen MR) is 93.6 cm³/mol. The standard InChI is InChI=1S/C19H18ClNO3/c20-19(18(23)24,15-7-2-1-3-8-15)12-16(13-22)21-11-10-14-6-4-5-9-17(14)21/h1-9,13,16H,10-12H2,(H,23,24). The summed E-state index contributed by atoms with van der Waals surface area (Å²) in [4.78, 5) is 23.9. The van der Waals surface area contributed by atoms with Crippen LogP contribution in [0.4, 0.5) is 5.69 Å². The van der Waals surface area contributed by atoms with Crippen molar-refractivity contribution in [1.82, 2.24) is 0 Å². The van der Waals surface area contributed by atoms with Crippen LogP contribution < -0.4 is 4.90 Å². The number of nitrogens with zero attached hydrogens (tertiary/aromatic N) is 1. The molecule has 0 saturated carbocycles. The first-order valence-corrected chi connectivity index (χ1v) is 8.22. The number of carbonyl (C=O) groups excluding carboxylic acids is 1. The van der Waals surface area contributed by atoms with E-state index < -0.39 is 16.9 Å². The number of aliphatic carboxylic acids is 1. The zero-order valence-corrected chi connectivity index (χ0v) is 13.8. The molecule has 0 fully saturated rings. The Kier molecular flexibility index (Phi) is 4.58. The minimum atomic E-state index is -1.63. The molecule has 24 heavy (non-hydrogen) atoms. The molecule has 2 aromatic carbocycles. The Bertz CT molecular complexity index is 749. The summed E-state index contributed by atoms with van der Waals surface area (Å²) in [5, 5.41) is 9.70. The van der Waals surface area contributed by atoms with Crippen molar-refractivity contribution in [3.05, 3.63) is 65.7 Å².